The van der Waals surface area contributed by atoms with E-state index < -0.39 is 0 Å². The van der Waals surface area contributed by atoms with Crippen molar-refractivity contribution in [3.05, 3.63) is 47.5 Å². The van der Waals surface area contributed by atoms with E-state index in [1.54, 1.807) is 0 Å². The van der Waals surface area contributed by atoms with Gasteiger partial charge in [-0.25, -0.2) is 15.0 Å². The van der Waals surface area contributed by atoms with Gasteiger partial charge in [-0.2, -0.15) is 0 Å². The topological polar surface area (TPSA) is 67.2 Å². The minimum Gasteiger partial charge on any atom is -0.341 e. The van der Waals surface area contributed by atoms with Crippen LogP contribution in [0.1, 0.15) is 60.0 Å². The first-order valence-corrected chi connectivity index (χ1v) is 11.4. The number of piperidine rings is 2. The summed E-state index contributed by atoms with van der Waals surface area (Å²) in [4.78, 5) is 31.8. The molecule has 3 aromatic rings. The highest BCUT2D eigenvalue weighted by atomic mass is 16.2. The molecule has 0 saturated carbocycles. The van der Waals surface area contributed by atoms with Crippen LogP contribution in [-0.2, 0) is 7.05 Å². The normalized spacial score (nSPS) is 19.7. The molecule has 2 aliphatic rings. The summed E-state index contributed by atoms with van der Waals surface area (Å²) < 4.78 is 2.18. The maximum Gasteiger partial charge on any atom is 0.272 e. The third-order valence-electron chi connectivity index (χ3n) is 6.60. The predicted molar refractivity (Wildman–Crippen MR) is 121 cm³/mol. The number of aromatic nitrogens is 4. The van der Waals surface area contributed by atoms with Crippen LogP contribution in [0.4, 0.5) is 5.95 Å². The average Bonchev–Trinajstić information content (AvgIpc) is 3.15. The van der Waals surface area contributed by atoms with E-state index in [9.17, 15) is 4.79 Å². The van der Waals surface area contributed by atoms with E-state index in [4.69, 9.17) is 4.98 Å². The first-order chi connectivity index (χ1) is 15.1. The molecule has 0 aliphatic carbocycles. The van der Waals surface area contributed by atoms with Crippen molar-refractivity contribution in [3.8, 4) is 0 Å². The Kier molecular flexibility index (Phi) is 5.34. The first-order valence-electron chi connectivity index (χ1n) is 11.4. The van der Waals surface area contributed by atoms with E-state index in [2.05, 4.69) is 38.6 Å². The lowest BCUT2D eigenvalue weighted by Gasteiger charge is -2.32. The number of hydrogen-bond acceptors (Lipinski definition) is 5. The Morgan fingerprint density at radius 3 is 2.61 bits per heavy atom. The van der Waals surface area contributed by atoms with Gasteiger partial charge in [-0.05, 0) is 57.2 Å². The SMILES string of the molecule is Cc1cc(C(=O)N2CCC[C@@H](c3nc4ccccc4n3C)C2)nc(N2CCCCC2)n1. The second-order valence-electron chi connectivity index (χ2n) is 8.85. The largest absolute Gasteiger partial charge is 0.341 e. The van der Waals surface area contributed by atoms with Crippen molar-refractivity contribution in [1.29, 1.82) is 0 Å². The van der Waals surface area contributed by atoms with Gasteiger partial charge >= 0.3 is 0 Å². The predicted octanol–water partition coefficient (Wildman–Crippen LogP) is 3.68. The van der Waals surface area contributed by atoms with Crippen molar-refractivity contribution >= 4 is 22.9 Å². The maximum absolute atomic E-state index is 13.4. The number of amides is 1. The highest BCUT2D eigenvalue weighted by molar-refractivity contribution is 5.92. The number of aryl methyl sites for hydroxylation is 2. The summed E-state index contributed by atoms with van der Waals surface area (Å²) in [6.07, 6.45) is 5.59. The standard InChI is InChI=1S/C24H30N6O/c1-17-15-20(27-24(25-17)29-12-6-3-7-13-29)23(31)30-14-8-9-18(16-30)22-26-19-10-4-5-11-21(19)28(22)2/h4-5,10-11,15,18H,3,6-9,12-14,16H2,1-2H3/t18-/m1/s1. The molecule has 2 saturated heterocycles. The Morgan fingerprint density at radius 1 is 1.00 bits per heavy atom. The lowest BCUT2D eigenvalue weighted by atomic mass is 9.97. The number of fused-ring (bicyclic) bond motifs is 1. The van der Waals surface area contributed by atoms with Gasteiger partial charge in [-0.3, -0.25) is 4.79 Å². The van der Waals surface area contributed by atoms with Crippen molar-refractivity contribution in [1.82, 2.24) is 24.4 Å². The van der Waals surface area contributed by atoms with Crippen LogP contribution in [0.15, 0.2) is 30.3 Å². The van der Waals surface area contributed by atoms with Crippen LogP contribution in [0.25, 0.3) is 11.0 Å². The fraction of sp³-hybridized carbons (Fsp3) is 0.500. The Hall–Kier alpha value is -2.96. The second kappa shape index (κ2) is 8.29. The van der Waals surface area contributed by atoms with Crippen molar-refractivity contribution in [2.24, 2.45) is 7.05 Å². The molecule has 1 aromatic carbocycles. The van der Waals surface area contributed by atoms with Crippen LogP contribution in [0.2, 0.25) is 0 Å². The summed E-state index contributed by atoms with van der Waals surface area (Å²) in [5.41, 5.74) is 3.51. The summed E-state index contributed by atoms with van der Waals surface area (Å²) in [5.74, 6) is 2.00. The first kappa shape index (κ1) is 20.0. The third-order valence-corrected chi connectivity index (χ3v) is 6.60. The molecule has 7 nitrogen and oxygen atoms in total. The number of hydrogen-bond donors (Lipinski definition) is 0. The number of para-hydroxylation sites is 2. The van der Waals surface area contributed by atoms with E-state index in [0.29, 0.717) is 18.2 Å². The number of nitrogens with zero attached hydrogens (tertiary/aromatic N) is 6. The smallest absolute Gasteiger partial charge is 0.272 e. The highest BCUT2D eigenvalue weighted by Crippen LogP contribution is 2.29. The molecule has 0 bridgehead atoms. The summed E-state index contributed by atoms with van der Waals surface area (Å²) in [6, 6.07) is 10.0. The molecular weight excluding hydrogens is 388 g/mol. The van der Waals surface area contributed by atoms with Crippen molar-refractivity contribution in [2.45, 2.75) is 44.9 Å². The monoisotopic (exact) mass is 418 g/mol. The molecule has 1 atom stereocenters. The molecular formula is C24H30N6O. The molecule has 2 fully saturated rings. The third kappa shape index (κ3) is 3.89. The Balaban J connectivity index is 1.38. The average molecular weight is 419 g/mol. The Morgan fingerprint density at radius 2 is 1.81 bits per heavy atom. The van der Waals surface area contributed by atoms with Gasteiger partial charge in [-0.15, -0.1) is 0 Å². The number of likely N-dealkylation sites (tertiary alicyclic amines) is 1. The summed E-state index contributed by atoms with van der Waals surface area (Å²) in [6.45, 7) is 5.33. The fourth-order valence-electron chi connectivity index (χ4n) is 4.96. The Bertz CT molecular complexity index is 1100. The van der Waals surface area contributed by atoms with E-state index in [1.807, 2.05) is 30.0 Å². The molecule has 5 rings (SSSR count). The number of carbonyl (C=O) groups is 1. The summed E-state index contributed by atoms with van der Waals surface area (Å²) in [7, 11) is 2.07. The number of imidazole rings is 1. The minimum absolute atomic E-state index is 0.00669. The van der Waals surface area contributed by atoms with Crippen LogP contribution in [-0.4, -0.2) is 56.5 Å². The molecule has 0 spiro atoms. The number of rotatable bonds is 3. The second-order valence-corrected chi connectivity index (χ2v) is 8.85. The Labute approximate surface area is 183 Å². The van der Waals surface area contributed by atoms with Gasteiger partial charge in [0.25, 0.3) is 5.91 Å². The molecule has 31 heavy (non-hydrogen) atoms. The molecule has 0 N–H and O–H groups in total. The van der Waals surface area contributed by atoms with Crippen molar-refractivity contribution < 1.29 is 4.79 Å². The zero-order valence-electron chi connectivity index (χ0n) is 18.4. The fourth-order valence-corrected chi connectivity index (χ4v) is 4.96. The summed E-state index contributed by atoms with van der Waals surface area (Å²) >= 11 is 0. The van der Waals surface area contributed by atoms with Gasteiger partial charge in [0.15, 0.2) is 0 Å². The van der Waals surface area contributed by atoms with E-state index >= 15 is 0 Å². The number of anilines is 1. The van der Waals surface area contributed by atoms with Crippen LogP contribution in [0.5, 0.6) is 0 Å². The van der Waals surface area contributed by atoms with Gasteiger partial charge in [0, 0.05) is 44.8 Å². The lowest BCUT2D eigenvalue weighted by molar-refractivity contribution is 0.0697. The molecule has 4 heterocycles. The van der Waals surface area contributed by atoms with Crippen molar-refractivity contribution in [2.75, 3.05) is 31.1 Å². The lowest BCUT2D eigenvalue weighted by Crippen LogP contribution is -2.40. The van der Waals surface area contributed by atoms with Gasteiger partial charge in [-0.1, -0.05) is 12.1 Å². The zero-order valence-corrected chi connectivity index (χ0v) is 18.4. The van der Waals surface area contributed by atoms with Gasteiger partial charge in [0.1, 0.15) is 11.5 Å². The van der Waals surface area contributed by atoms with Crippen molar-refractivity contribution in [3.63, 3.8) is 0 Å². The highest BCUT2D eigenvalue weighted by Gasteiger charge is 2.29. The van der Waals surface area contributed by atoms with Crippen LogP contribution in [0.3, 0.4) is 0 Å². The molecule has 2 aromatic heterocycles. The molecule has 0 unspecified atom stereocenters. The number of carbonyl (C=O) groups excluding carboxylic acids is 1. The van der Waals surface area contributed by atoms with Gasteiger partial charge in [0.05, 0.1) is 11.0 Å². The number of benzene rings is 1. The van der Waals surface area contributed by atoms with E-state index in [0.717, 1.165) is 67.9 Å². The molecule has 7 heteroatoms. The van der Waals surface area contributed by atoms with Crippen LogP contribution >= 0.6 is 0 Å². The van der Waals surface area contributed by atoms with Gasteiger partial charge < -0.3 is 14.4 Å². The minimum atomic E-state index is 0.00669. The van der Waals surface area contributed by atoms with E-state index in [-0.39, 0.29) is 11.8 Å². The quantitative estimate of drug-likeness (QED) is 0.649. The van der Waals surface area contributed by atoms with Gasteiger partial charge in [0.2, 0.25) is 5.95 Å². The van der Waals surface area contributed by atoms with Crippen LogP contribution < -0.4 is 4.90 Å². The summed E-state index contributed by atoms with van der Waals surface area (Å²) in [5, 5.41) is 0. The molecule has 162 valence electrons. The molecule has 0 radical (unpaired) electrons. The molecule has 1 amide bonds. The molecule has 2 aliphatic heterocycles. The van der Waals surface area contributed by atoms with Crippen LogP contribution in [0, 0.1) is 6.92 Å². The zero-order chi connectivity index (χ0) is 21.4. The maximum atomic E-state index is 13.4. The van der Waals surface area contributed by atoms with E-state index in [1.165, 1.54) is 6.42 Å².